The summed E-state index contributed by atoms with van der Waals surface area (Å²) in [6.07, 6.45) is -3.90. The van der Waals surface area contributed by atoms with Crippen LogP contribution in [0.3, 0.4) is 0 Å². The molecule has 0 spiro atoms. The predicted molar refractivity (Wildman–Crippen MR) is 482 cm³/mol. The second-order valence-electron chi connectivity index (χ2n) is 24.8. The van der Waals surface area contributed by atoms with Crippen molar-refractivity contribution in [2.75, 3.05) is 41.9 Å². The Labute approximate surface area is 780 Å². The van der Waals surface area contributed by atoms with Crippen molar-refractivity contribution in [2.24, 2.45) is 0 Å². The van der Waals surface area contributed by atoms with Crippen LogP contribution in [0, 0.1) is 21.0 Å². The molecule has 0 saturated heterocycles. The molecule has 8 N–H and O–H groups in total. The number of halogens is 18. The van der Waals surface area contributed by atoms with E-state index in [9.17, 15) is 64.7 Å². The van der Waals surface area contributed by atoms with Gasteiger partial charge < -0.3 is 42.5 Å². The van der Waals surface area contributed by atoms with Gasteiger partial charge in [0.05, 0.1) is 65.1 Å². The molecule has 4 aromatic carbocycles. The Morgan fingerprint density at radius 1 is 0.413 bits per heavy atom. The standard InChI is InChI=1S/C20H18BrClIN5O2.C19H13Br2ClF3N5O2.C18H11Br2ClF3N5O2.C18H14BrClIN5O2/c1-10(2)25-19(29)13-8-12(23)7-11(3)17(13)26-20(30)15-9-16(21)27-28(15)18-14(22)5-4-6-24-18;1-2-26-17(31)10-6-9(20)7-11(21)15(10)28-18(32)13-8-14(19(23,24)25)29-30(13)16-12(22)4-3-5-27-16;1-25-16(30)9-5-8(19)6-10(20)14(9)27-17(31)12-7-13(18(22,23)24)28-29(12)15-11(21)3-2-4-26-15;1-9-6-10(21)7-11(17(27)22-2)15(9)24-18(28)13-8-14(19)25-26(13)16-12(20)4-3-5-23-16/h4-10H,1-3H3,(H,25,29)(H,26,30);3-8H,2H2,1H3,(H,26,31)(H,28,32);2-7H,1H3,(H,25,30)(H,27,31);3-8H,1-2H3,(H,22,27)(H,24,28). The highest BCUT2D eigenvalue weighted by Gasteiger charge is 2.39. The van der Waals surface area contributed by atoms with E-state index in [4.69, 9.17) is 46.4 Å². The number of nitrogens with zero attached hydrogens (tertiary/aromatic N) is 12. The van der Waals surface area contributed by atoms with Crippen molar-refractivity contribution in [1.29, 1.82) is 0 Å². The van der Waals surface area contributed by atoms with Gasteiger partial charge in [0.25, 0.3) is 47.3 Å². The fraction of sp³-hybridized carbons (Fsp3) is 0.147. The second-order valence-corrected chi connectivity index (χ2v) is 34.1. The minimum Gasteiger partial charge on any atom is -0.355 e. The van der Waals surface area contributed by atoms with E-state index in [1.54, 1.807) is 87.0 Å². The van der Waals surface area contributed by atoms with Crippen molar-refractivity contribution < 1.29 is 64.7 Å². The summed E-state index contributed by atoms with van der Waals surface area (Å²) < 4.78 is 88.4. The van der Waals surface area contributed by atoms with Gasteiger partial charge >= 0.3 is 12.4 Å². The number of anilines is 4. The van der Waals surface area contributed by atoms with E-state index in [0.29, 0.717) is 99.3 Å². The summed E-state index contributed by atoms with van der Waals surface area (Å²) in [5.41, 5.74) is 0.338. The van der Waals surface area contributed by atoms with Crippen LogP contribution < -0.4 is 42.5 Å². The first-order valence-electron chi connectivity index (χ1n) is 34.2. The van der Waals surface area contributed by atoms with E-state index in [-0.39, 0.29) is 73.4 Å². The molecular formula is C75H56Br6Cl4F6I2N20O8. The number of hydrogen-bond acceptors (Lipinski definition) is 16. The van der Waals surface area contributed by atoms with Crippen molar-refractivity contribution in [2.45, 2.75) is 53.0 Å². The summed E-state index contributed by atoms with van der Waals surface area (Å²) in [5, 5.41) is 37.3. The monoisotopic (exact) mass is 2350 g/mol. The van der Waals surface area contributed by atoms with Crippen LogP contribution in [0.2, 0.25) is 20.1 Å². The number of alkyl halides is 6. The van der Waals surface area contributed by atoms with Gasteiger partial charge in [-0.25, -0.2) is 38.7 Å². The molecule has 630 valence electrons. The molecule has 0 aliphatic carbocycles. The maximum absolute atomic E-state index is 13.3. The largest absolute Gasteiger partial charge is 0.435 e. The minimum atomic E-state index is -4.81. The molecular weight excluding hydrogens is 2300 g/mol. The van der Waals surface area contributed by atoms with Crippen LogP contribution in [0.4, 0.5) is 49.1 Å². The van der Waals surface area contributed by atoms with Crippen molar-refractivity contribution >= 4 is 257 Å². The zero-order chi connectivity index (χ0) is 89.0. The van der Waals surface area contributed by atoms with Gasteiger partial charge in [-0.1, -0.05) is 78.3 Å². The summed E-state index contributed by atoms with van der Waals surface area (Å²) in [6, 6.07) is 30.0. The van der Waals surface area contributed by atoms with Gasteiger partial charge in [-0.05, 0) is 252 Å². The number of aromatic nitrogens is 12. The van der Waals surface area contributed by atoms with Crippen LogP contribution in [-0.4, -0.2) is 133 Å². The van der Waals surface area contributed by atoms with E-state index in [1.807, 2.05) is 39.8 Å². The lowest BCUT2D eigenvalue weighted by molar-refractivity contribution is -0.142. The van der Waals surface area contributed by atoms with Crippen LogP contribution in [-0.2, 0) is 12.4 Å². The van der Waals surface area contributed by atoms with Crippen molar-refractivity contribution in [3.8, 4) is 23.3 Å². The zero-order valence-electron chi connectivity index (χ0n) is 62.6. The highest BCUT2D eigenvalue weighted by molar-refractivity contribution is 14.1. The van der Waals surface area contributed by atoms with Gasteiger partial charge in [0.2, 0.25) is 0 Å². The number of pyridine rings is 4. The first-order chi connectivity index (χ1) is 57.0. The molecule has 0 unspecified atom stereocenters. The summed E-state index contributed by atoms with van der Waals surface area (Å²) in [6.45, 7) is 9.47. The molecule has 0 aliphatic rings. The molecule has 46 heteroatoms. The van der Waals surface area contributed by atoms with Gasteiger partial charge in [0.15, 0.2) is 34.7 Å². The molecule has 0 atom stereocenters. The van der Waals surface area contributed by atoms with Crippen LogP contribution in [0.1, 0.15) is 127 Å². The number of nitrogens with one attached hydrogen (secondary N) is 8. The maximum Gasteiger partial charge on any atom is 0.435 e. The molecule has 28 nitrogen and oxygen atoms in total. The van der Waals surface area contributed by atoms with E-state index < -0.39 is 70.6 Å². The fourth-order valence-electron chi connectivity index (χ4n) is 10.7. The topological polar surface area (TPSA) is 356 Å². The van der Waals surface area contributed by atoms with Crippen molar-refractivity contribution in [1.82, 2.24) is 80.3 Å². The van der Waals surface area contributed by atoms with E-state index in [1.165, 1.54) is 65.2 Å². The number of benzene rings is 4. The average Bonchev–Trinajstić information content (AvgIpc) is 1.68. The van der Waals surface area contributed by atoms with Gasteiger partial charge in [-0.15, -0.1) is 0 Å². The number of aryl methyl sites for hydroxylation is 2. The Bertz CT molecular complexity index is 6040. The molecule has 8 heterocycles. The third-order valence-electron chi connectivity index (χ3n) is 15.9. The smallest absolute Gasteiger partial charge is 0.355 e. The molecule has 0 bridgehead atoms. The van der Waals surface area contributed by atoms with Crippen LogP contribution in [0.15, 0.2) is 173 Å². The van der Waals surface area contributed by atoms with Gasteiger partial charge in [-0.2, -0.15) is 46.7 Å². The lowest BCUT2D eigenvalue weighted by Crippen LogP contribution is -2.31. The summed E-state index contributed by atoms with van der Waals surface area (Å²) in [7, 11) is 2.94. The normalized spacial score (nSPS) is 11.1. The van der Waals surface area contributed by atoms with Gasteiger partial charge in [0, 0.05) is 101 Å². The maximum atomic E-state index is 13.3. The summed E-state index contributed by atoms with van der Waals surface area (Å²) in [5.74, 6) is -4.04. The molecule has 8 aromatic heterocycles. The average molecular weight is 2350 g/mol. The number of hydrogen-bond donors (Lipinski definition) is 8. The van der Waals surface area contributed by atoms with Crippen molar-refractivity contribution in [3.05, 3.63) is 268 Å². The Morgan fingerprint density at radius 2 is 0.711 bits per heavy atom. The molecule has 0 saturated carbocycles. The van der Waals surface area contributed by atoms with Crippen LogP contribution in [0.5, 0.6) is 0 Å². The molecule has 0 aliphatic heterocycles. The zero-order valence-corrected chi connectivity index (χ0v) is 79.4. The van der Waals surface area contributed by atoms with E-state index >= 15 is 0 Å². The Kier molecular flexibility index (Phi) is 33.3. The SMILES string of the molecule is CCNC(=O)c1cc(Br)cc(Br)c1NC(=O)c1cc(C(F)(F)F)nn1-c1ncccc1Cl.CNC(=O)c1cc(Br)cc(Br)c1NC(=O)c1cc(C(F)(F)F)nn1-c1ncccc1Cl.CNC(=O)c1cc(I)cc(C)c1NC(=O)c1cc(Br)nn1-c1ncccc1Cl.Cc1cc(I)cc(C(=O)NC(C)C)c1NC(=O)c1cc(Br)nn1-c1ncccc1Cl. The van der Waals surface area contributed by atoms with E-state index in [0.717, 1.165) is 18.3 Å². The van der Waals surface area contributed by atoms with Gasteiger partial charge in [-0.3, -0.25) is 38.4 Å². The highest BCUT2D eigenvalue weighted by Crippen LogP contribution is 2.38. The predicted octanol–water partition coefficient (Wildman–Crippen LogP) is 19.7. The van der Waals surface area contributed by atoms with Crippen molar-refractivity contribution in [3.63, 3.8) is 0 Å². The first kappa shape index (κ1) is 96.0. The Hall–Kier alpha value is -8.84. The van der Waals surface area contributed by atoms with E-state index in [2.05, 4.69) is 224 Å². The highest BCUT2D eigenvalue weighted by atomic mass is 127. The van der Waals surface area contributed by atoms with Crippen LogP contribution in [0.25, 0.3) is 23.3 Å². The molecule has 0 fully saturated rings. The summed E-state index contributed by atoms with van der Waals surface area (Å²) in [4.78, 5) is 118. The number of amides is 8. The molecule has 8 amide bonds. The molecule has 12 aromatic rings. The lowest BCUT2D eigenvalue weighted by Gasteiger charge is -2.16. The fourth-order valence-corrected chi connectivity index (χ4v) is 16.4. The Balaban J connectivity index is 0.000000184. The lowest BCUT2D eigenvalue weighted by atomic mass is 10.1. The number of rotatable bonds is 18. The van der Waals surface area contributed by atoms with Crippen LogP contribution >= 0.6 is 187 Å². The number of carbonyl (C=O) groups excluding carboxylic acids is 8. The quantitative estimate of drug-likeness (QED) is 0.0292. The van der Waals surface area contributed by atoms with Gasteiger partial charge in [0.1, 0.15) is 32.0 Å². The molecule has 0 radical (unpaired) electrons. The second kappa shape index (κ2) is 42.0. The third-order valence-corrected chi connectivity index (χ3v) is 21.3. The summed E-state index contributed by atoms with van der Waals surface area (Å²) >= 11 is 48.4. The minimum absolute atomic E-state index is 0.00814. The molecule has 121 heavy (non-hydrogen) atoms. The third kappa shape index (κ3) is 24.2. The molecule has 12 rings (SSSR count). The Morgan fingerprint density at radius 3 is 1.02 bits per heavy atom. The number of carbonyl (C=O) groups is 8. The first-order valence-corrected chi connectivity index (χ1v) is 42.6.